The maximum Gasteiger partial charge on any atom is 0.219 e. The molecule has 0 amide bonds. The van der Waals surface area contributed by atoms with Gasteiger partial charge in [-0.05, 0) is 92.6 Å². The Morgan fingerprint density at radius 1 is 1.34 bits per heavy atom. The third-order valence-corrected chi connectivity index (χ3v) is 6.02. The summed E-state index contributed by atoms with van der Waals surface area (Å²) in [5, 5.41) is 20.4. The van der Waals surface area contributed by atoms with E-state index in [4.69, 9.17) is 10.1 Å². The Bertz CT molecular complexity index is 1110. The Kier molecular flexibility index (Phi) is 7.48. The van der Waals surface area contributed by atoms with Crippen LogP contribution in [0.2, 0.25) is 0 Å². The lowest BCUT2D eigenvalue weighted by atomic mass is 9.75. The second-order valence-electron chi connectivity index (χ2n) is 8.14. The van der Waals surface area contributed by atoms with Crippen LogP contribution in [0.1, 0.15) is 73.8 Å². The van der Waals surface area contributed by atoms with Crippen LogP contribution in [0.15, 0.2) is 47.8 Å². The van der Waals surface area contributed by atoms with Gasteiger partial charge in [-0.3, -0.25) is 0 Å². The average Bonchev–Trinajstić information content (AvgIpc) is 2.80. The number of nitriles is 1. The average molecular weight is 429 g/mol. The molecule has 0 fully saturated rings. The molecule has 2 aromatic rings. The van der Waals surface area contributed by atoms with Gasteiger partial charge in [-0.15, -0.1) is 0 Å². The fourth-order valence-electron chi connectivity index (χ4n) is 4.51. The number of nitrogens with one attached hydrogen (secondary N) is 2. The van der Waals surface area contributed by atoms with Gasteiger partial charge in [0.2, 0.25) is 5.88 Å². The van der Waals surface area contributed by atoms with Crippen LogP contribution in [0, 0.1) is 23.7 Å². The number of unbranched alkanes of at least 4 members (excludes halogenated alkanes) is 1. The number of aromatic nitrogens is 1. The van der Waals surface area contributed by atoms with Gasteiger partial charge in [0.05, 0.1) is 23.9 Å². The predicted octanol–water partition coefficient (Wildman–Crippen LogP) is 6.43. The molecule has 5 heteroatoms. The highest BCUT2D eigenvalue weighted by Gasteiger charge is 2.34. The summed E-state index contributed by atoms with van der Waals surface area (Å²) in [5.41, 5.74) is 9.37. The molecule has 1 aromatic heterocycles. The number of nitrogens with zero attached hydrogens (tertiary/aromatic N) is 2. The number of allylic oxidation sites excluding steroid dienone is 3. The molecule has 1 unspecified atom stereocenters. The number of ether oxygens (including phenoxy) is 1. The molecule has 5 nitrogen and oxygen atoms in total. The van der Waals surface area contributed by atoms with Crippen LogP contribution in [0.4, 0.5) is 5.69 Å². The Labute approximate surface area is 191 Å². The van der Waals surface area contributed by atoms with Crippen LogP contribution in [-0.4, -0.2) is 17.8 Å². The van der Waals surface area contributed by atoms with Crippen molar-refractivity contribution in [2.45, 2.75) is 59.3 Å². The minimum atomic E-state index is -0.0876. The first-order valence-corrected chi connectivity index (χ1v) is 11.3. The summed E-state index contributed by atoms with van der Waals surface area (Å²) >= 11 is 0. The lowest BCUT2D eigenvalue weighted by Crippen LogP contribution is -2.22. The highest BCUT2D eigenvalue weighted by Crippen LogP contribution is 2.50. The van der Waals surface area contributed by atoms with Gasteiger partial charge in [0.15, 0.2) is 0 Å². The number of pyridine rings is 1. The fraction of sp³-hybridized carbons (Fsp3) is 0.370. The zero-order valence-electron chi connectivity index (χ0n) is 19.5. The highest BCUT2D eigenvalue weighted by molar-refractivity contribution is 5.73. The van der Waals surface area contributed by atoms with E-state index in [0.717, 1.165) is 70.5 Å². The molecular weight excluding hydrogens is 396 g/mol. The molecule has 1 aliphatic heterocycles. The molecular formula is C27H32N4O. The van der Waals surface area contributed by atoms with Crippen molar-refractivity contribution >= 4 is 11.9 Å². The fourth-order valence-corrected chi connectivity index (χ4v) is 4.51. The number of rotatable bonds is 9. The SMILES string of the molecule is C=C(CCCC=N)C1=C(C)Nc2c(C)cnc(OCC)c2C1c1ccc(C#N)cc1CC. The number of benzene rings is 1. The van der Waals surface area contributed by atoms with Crippen LogP contribution >= 0.6 is 0 Å². The van der Waals surface area contributed by atoms with Crippen molar-refractivity contribution in [2.24, 2.45) is 0 Å². The van der Waals surface area contributed by atoms with E-state index in [0.29, 0.717) is 18.1 Å². The van der Waals surface area contributed by atoms with Crippen LogP contribution in [0.5, 0.6) is 5.88 Å². The van der Waals surface area contributed by atoms with E-state index < -0.39 is 0 Å². The Balaban J connectivity index is 2.28. The van der Waals surface area contributed by atoms with E-state index in [9.17, 15) is 5.26 Å². The van der Waals surface area contributed by atoms with Gasteiger partial charge in [-0.25, -0.2) is 4.98 Å². The molecule has 1 aromatic carbocycles. The van der Waals surface area contributed by atoms with E-state index in [2.05, 4.69) is 49.8 Å². The molecule has 0 bridgehead atoms. The molecule has 0 saturated heterocycles. The number of hydrogen-bond acceptors (Lipinski definition) is 5. The van der Waals surface area contributed by atoms with Crippen LogP contribution < -0.4 is 10.1 Å². The molecule has 0 saturated carbocycles. The standard InChI is InChI=1S/C27H32N4O/c1-6-21-14-20(15-29)11-12-22(21)24-23(17(3)10-8-9-13-28)19(5)31-26-18(4)16-30-27(25(24)26)32-7-2/h11-14,16,24,28,31H,3,6-10H2,1-2,4-5H3. The van der Waals surface area contributed by atoms with Gasteiger partial charge < -0.3 is 15.5 Å². The van der Waals surface area contributed by atoms with Gasteiger partial charge in [0.25, 0.3) is 0 Å². The Hall–Kier alpha value is -3.39. The third-order valence-electron chi connectivity index (χ3n) is 6.02. The second kappa shape index (κ2) is 10.3. The first-order valence-electron chi connectivity index (χ1n) is 11.3. The van der Waals surface area contributed by atoms with E-state index in [1.165, 1.54) is 6.21 Å². The molecule has 0 spiro atoms. The lowest BCUT2D eigenvalue weighted by Gasteiger charge is -2.35. The monoisotopic (exact) mass is 428 g/mol. The van der Waals surface area contributed by atoms with Crippen LogP contribution in [0.25, 0.3) is 0 Å². The smallest absolute Gasteiger partial charge is 0.219 e. The predicted molar refractivity (Wildman–Crippen MR) is 131 cm³/mol. The zero-order valence-corrected chi connectivity index (χ0v) is 19.5. The highest BCUT2D eigenvalue weighted by atomic mass is 16.5. The summed E-state index contributed by atoms with van der Waals surface area (Å²) in [7, 11) is 0. The van der Waals surface area contributed by atoms with Crippen LogP contribution in [0.3, 0.4) is 0 Å². The van der Waals surface area contributed by atoms with Gasteiger partial charge in [-0.1, -0.05) is 19.6 Å². The third kappa shape index (κ3) is 4.45. The van der Waals surface area contributed by atoms with Gasteiger partial charge in [0, 0.05) is 23.4 Å². The van der Waals surface area contributed by atoms with E-state index >= 15 is 0 Å². The summed E-state index contributed by atoms with van der Waals surface area (Å²) in [5.74, 6) is 0.546. The molecule has 1 aliphatic rings. The summed E-state index contributed by atoms with van der Waals surface area (Å²) < 4.78 is 6.01. The topological polar surface area (TPSA) is 81.8 Å². The first-order chi connectivity index (χ1) is 15.5. The molecule has 3 rings (SSSR count). The summed E-state index contributed by atoms with van der Waals surface area (Å²) in [4.78, 5) is 4.64. The molecule has 2 N–H and O–H groups in total. The van der Waals surface area contributed by atoms with E-state index in [1.54, 1.807) is 0 Å². The van der Waals surface area contributed by atoms with E-state index in [-0.39, 0.29) is 5.92 Å². The molecule has 0 aliphatic carbocycles. The van der Waals surface area contributed by atoms with Crippen molar-refractivity contribution < 1.29 is 4.74 Å². The number of anilines is 1. The number of hydrogen-bond donors (Lipinski definition) is 2. The quantitative estimate of drug-likeness (QED) is 0.356. The Morgan fingerprint density at radius 2 is 2.12 bits per heavy atom. The number of fused-ring (bicyclic) bond motifs is 1. The van der Waals surface area contributed by atoms with Crippen molar-refractivity contribution in [3.8, 4) is 11.9 Å². The first kappa shape index (κ1) is 23.3. The molecule has 0 radical (unpaired) electrons. The van der Waals surface area contributed by atoms with Gasteiger partial charge in [0.1, 0.15) is 0 Å². The maximum atomic E-state index is 9.44. The van der Waals surface area contributed by atoms with Crippen LogP contribution in [-0.2, 0) is 6.42 Å². The van der Waals surface area contributed by atoms with Crippen molar-refractivity contribution in [3.05, 3.63) is 75.6 Å². The lowest BCUT2D eigenvalue weighted by molar-refractivity contribution is 0.322. The number of aryl methyl sites for hydroxylation is 2. The van der Waals surface area contributed by atoms with Crippen molar-refractivity contribution in [3.63, 3.8) is 0 Å². The molecule has 1 atom stereocenters. The zero-order chi connectivity index (χ0) is 23.3. The van der Waals surface area contributed by atoms with Crippen molar-refractivity contribution in [1.82, 2.24) is 4.98 Å². The largest absolute Gasteiger partial charge is 0.478 e. The van der Waals surface area contributed by atoms with E-state index in [1.807, 2.05) is 25.3 Å². The molecule has 32 heavy (non-hydrogen) atoms. The summed E-state index contributed by atoms with van der Waals surface area (Å²) in [6.07, 6.45) is 6.57. The van der Waals surface area contributed by atoms with Crippen molar-refractivity contribution in [1.29, 1.82) is 10.7 Å². The van der Waals surface area contributed by atoms with Crippen molar-refractivity contribution in [2.75, 3.05) is 11.9 Å². The minimum absolute atomic E-state index is 0.0876. The normalized spacial score (nSPS) is 14.9. The minimum Gasteiger partial charge on any atom is -0.478 e. The molecule has 166 valence electrons. The van der Waals surface area contributed by atoms with Gasteiger partial charge >= 0.3 is 0 Å². The second-order valence-corrected chi connectivity index (χ2v) is 8.14. The Morgan fingerprint density at radius 3 is 2.78 bits per heavy atom. The maximum absolute atomic E-state index is 9.44. The summed E-state index contributed by atoms with van der Waals surface area (Å²) in [6, 6.07) is 8.23. The van der Waals surface area contributed by atoms with Gasteiger partial charge in [-0.2, -0.15) is 5.26 Å². The molecule has 2 heterocycles. The summed E-state index contributed by atoms with van der Waals surface area (Å²) in [6.45, 7) is 13.2.